The molecule has 172 valence electrons. The lowest BCUT2D eigenvalue weighted by Crippen LogP contribution is -2.36. The van der Waals surface area contributed by atoms with E-state index < -0.39 is 0 Å². The van der Waals surface area contributed by atoms with Crippen molar-refractivity contribution in [1.29, 1.82) is 0 Å². The fourth-order valence-electron chi connectivity index (χ4n) is 4.81. The van der Waals surface area contributed by atoms with E-state index in [0.717, 1.165) is 38.6 Å². The lowest BCUT2D eigenvalue weighted by Gasteiger charge is -2.34. The van der Waals surface area contributed by atoms with Gasteiger partial charge in [0.05, 0.1) is 10.7 Å². The van der Waals surface area contributed by atoms with Gasteiger partial charge < -0.3 is 10.1 Å². The van der Waals surface area contributed by atoms with E-state index in [1.165, 1.54) is 54.3 Å². The van der Waals surface area contributed by atoms with Crippen LogP contribution < -0.4 is 5.32 Å². The molecule has 0 aliphatic carbocycles. The summed E-state index contributed by atoms with van der Waals surface area (Å²) < 4.78 is 19.1. The Hall–Kier alpha value is -2.54. The molecule has 0 bridgehead atoms. The van der Waals surface area contributed by atoms with Gasteiger partial charge in [0.15, 0.2) is 0 Å². The Morgan fingerprint density at radius 1 is 1.09 bits per heavy atom. The highest BCUT2D eigenvalue weighted by Crippen LogP contribution is 2.28. The van der Waals surface area contributed by atoms with Crippen LogP contribution in [0.3, 0.4) is 0 Å². The van der Waals surface area contributed by atoms with Gasteiger partial charge in [-0.05, 0) is 72.2 Å². The van der Waals surface area contributed by atoms with E-state index in [0.29, 0.717) is 28.6 Å². The minimum absolute atomic E-state index is 0.349. The molecule has 0 unspecified atom stereocenters. The van der Waals surface area contributed by atoms with E-state index in [-0.39, 0.29) is 5.82 Å². The molecule has 1 N–H and O–H groups in total. The number of hydrogen-bond acceptors (Lipinski definition) is 5. The van der Waals surface area contributed by atoms with Gasteiger partial charge in [-0.2, -0.15) is 0 Å². The zero-order chi connectivity index (χ0) is 22.6. The van der Waals surface area contributed by atoms with Crippen LogP contribution >= 0.6 is 11.6 Å². The predicted molar refractivity (Wildman–Crippen MR) is 129 cm³/mol. The van der Waals surface area contributed by atoms with E-state index in [2.05, 4.69) is 38.6 Å². The summed E-state index contributed by atoms with van der Waals surface area (Å²) in [7, 11) is 0. The number of nitrogens with one attached hydrogen (secondary N) is 1. The lowest BCUT2D eigenvalue weighted by molar-refractivity contribution is 0.0506. The number of ether oxygens (including phenoxy) is 1. The van der Waals surface area contributed by atoms with Gasteiger partial charge in [0.2, 0.25) is 0 Å². The van der Waals surface area contributed by atoms with Gasteiger partial charge in [-0.1, -0.05) is 29.8 Å². The topological polar surface area (TPSA) is 50.3 Å². The molecule has 0 amide bonds. The molecule has 1 aromatic heterocycles. The van der Waals surface area contributed by atoms with Crippen LogP contribution in [0, 0.1) is 11.7 Å². The van der Waals surface area contributed by atoms with Crippen molar-refractivity contribution in [2.24, 2.45) is 5.92 Å². The molecule has 3 aromatic rings. The summed E-state index contributed by atoms with van der Waals surface area (Å²) in [6.07, 6.45) is 3.43. The number of hydrogen-bond donors (Lipinski definition) is 1. The van der Waals surface area contributed by atoms with Gasteiger partial charge in [0.25, 0.3) is 0 Å². The van der Waals surface area contributed by atoms with Gasteiger partial charge in [0.1, 0.15) is 11.6 Å². The van der Waals surface area contributed by atoms with Gasteiger partial charge >= 0.3 is 0 Å². The summed E-state index contributed by atoms with van der Waals surface area (Å²) in [5, 5.41) is 12.3. The number of rotatable bonds is 6. The average molecular weight is 467 g/mol. The molecular weight excluding hydrogens is 439 g/mol. The number of benzene rings is 2. The van der Waals surface area contributed by atoms with E-state index >= 15 is 0 Å². The van der Waals surface area contributed by atoms with E-state index in [1.54, 1.807) is 0 Å². The highest BCUT2D eigenvalue weighted by Gasteiger charge is 2.22. The second kappa shape index (κ2) is 10.2. The monoisotopic (exact) mass is 466 g/mol. The van der Waals surface area contributed by atoms with Gasteiger partial charge in [0, 0.05) is 45.0 Å². The van der Waals surface area contributed by atoms with E-state index in [4.69, 9.17) is 16.3 Å². The standard InChI is InChI=1S/C26H28ClFN4O/c27-24-5-4-21(28)14-23(24)25-6-7-26(31-30-25)29-15-19-2-1-3-20-17-32(11-8-22(19)20)16-18-9-12-33-13-10-18/h1-7,14,18H,8-13,15-17H2,(H,29,31). The molecule has 0 radical (unpaired) electrons. The maximum atomic E-state index is 13.6. The summed E-state index contributed by atoms with van der Waals surface area (Å²) in [6.45, 7) is 5.79. The molecule has 0 spiro atoms. The van der Waals surface area contributed by atoms with Crippen LogP contribution in [-0.4, -0.2) is 41.4 Å². The van der Waals surface area contributed by atoms with Crippen molar-refractivity contribution in [2.75, 3.05) is 31.6 Å². The number of halogens is 2. The molecule has 5 rings (SSSR count). The Morgan fingerprint density at radius 2 is 1.97 bits per heavy atom. The van der Waals surface area contributed by atoms with Gasteiger partial charge in [-0.3, -0.25) is 4.90 Å². The Balaban J connectivity index is 1.22. The first kappa shape index (κ1) is 22.3. The van der Waals surface area contributed by atoms with E-state index in [9.17, 15) is 4.39 Å². The molecule has 2 aliphatic rings. The number of anilines is 1. The highest BCUT2D eigenvalue weighted by molar-refractivity contribution is 6.33. The smallest absolute Gasteiger partial charge is 0.148 e. The van der Waals surface area contributed by atoms with Gasteiger partial charge in [-0.15, -0.1) is 10.2 Å². The fraction of sp³-hybridized carbons (Fsp3) is 0.385. The van der Waals surface area contributed by atoms with Crippen LogP contribution in [0.2, 0.25) is 5.02 Å². The Bertz CT molecular complexity index is 1100. The Labute approximate surface area is 198 Å². The number of fused-ring (bicyclic) bond motifs is 1. The van der Waals surface area contributed by atoms with Crippen LogP contribution in [0.1, 0.15) is 29.5 Å². The molecule has 0 atom stereocenters. The second-order valence-corrected chi connectivity index (χ2v) is 9.28. The van der Waals surface area contributed by atoms with Crippen molar-refractivity contribution in [2.45, 2.75) is 32.4 Å². The van der Waals surface area contributed by atoms with Crippen molar-refractivity contribution in [3.8, 4) is 11.3 Å². The third-order valence-electron chi connectivity index (χ3n) is 6.63. The summed E-state index contributed by atoms with van der Waals surface area (Å²) in [5.74, 6) is 1.09. The molecule has 2 aromatic carbocycles. The number of aromatic nitrogens is 2. The third-order valence-corrected chi connectivity index (χ3v) is 6.96. The van der Waals surface area contributed by atoms with Crippen LogP contribution in [0.25, 0.3) is 11.3 Å². The van der Waals surface area contributed by atoms with Crippen molar-refractivity contribution in [1.82, 2.24) is 15.1 Å². The zero-order valence-corrected chi connectivity index (χ0v) is 19.3. The molecule has 33 heavy (non-hydrogen) atoms. The van der Waals surface area contributed by atoms with Crippen LogP contribution in [0.4, 0.5) is 10.2 Å². The minimum Gasteiger partial charge on any atom is -0.381 e. The average Bonchev–Trinajstić information content (AvgIpc) is 2.85. The minimum atomic E-state index is -0.349. The quantitative estimate of drug-likeness (QED) is 0.532. The Morgan fingerprint density at radius 3 is 2.79 bits per heavy atom. The van der Waals surface area contributed by atoms with Crippen molar-refractivity contribution in [3.63, 3.8) is 0 Å². The van der Waals surface area contributed by atoms with Crippen LogP contribution in [0.5, 0.6) is 0 Å². The summed E-state index contributed by atoms with van der Waals surface area (Å²) in [5.41, 5.74) is 5.27. The molecule has 0 saturated carbocycles. The largest absolute Gasteiger partial charge is 0.381 e. The zero-order valence-electron chi connectivity index (χ0n) is 18.6. The maximum Gasteiger partial charge on any atom is 0.148 e. The molecule has 1 saturated heterocycles. The normalized spacial score (nSPS) is 17.0. The SMILES string of the molecule is Fc1ccc(Cl)c(-c2ccc(NCc3cccc4c3CCN(CC3CCOCC3)C4)nn2)c1. The van der Waals surface area contributed by atoms with Crippen molar-refractivity contribution in [3.05, 3.63) is 76.1 Å². The first-order chi connectivity index (χ1) is 16.2. The van der Waals surface area contributed by atoms with Crippen molar-refractivity contribution < 1.29 is 9.13 Å². The molecule has 1 fully saturated rings. The van der Waals surface area contributed by atoms with Gasteiger partial charge in [-0.25, -0.2) is 4.39 Å². The fourth-order valence-corrected chi connectivity index (χ4v) is 5.03. The lowest BCUT2D eigenvalue weighted by atomic mass is 9.92. The summed E-state index contributed by atoms with van der Waals surface area (Å²) >= 11 is 6.18. The molecule has 7 heteroatoms. The Kier molecular flexibility index (Phi) is 6.85. The summed E-state index contributed by atoms with van der Waals surface area (Å²) in [6, 6.07) is 14.5. The first-order valence-corrected chi connectivity index (χ1v) is 12.0. The maximum absolute atomic E-state index is 13.6. The van der Waals surface area contributed by atoms with Crippen molar-refractivity contribution >= 4 is 17.4 Å². The summed E-state index contributed by atoms with van der Waals surface area (Å²) in [4.78, 5) is 2.59. The molecule has 2 aliphatic heterocycles. The van der Waals surface area contributed by atoms with E-state index in [1.807, 2.05) is 12.1 Å². The first-order valence-electron chi connectivity index (χ1n) is 11.6. The van der Waals surface area contributed by atoms with Crippen LogP contribution in [-0.2, 0) is 24.2 Å². The number of nitrogens with zero attached hydrogens (tertiary/aromatic N) is 3. The second-order valence-electron chi connectivity index (χ2n) is 8.88. The predicted octanol–water partition coefficient (Wildman–Crippen LogP) is 5.33. The third kappa shape index (κ3) is 5.35. The molecular formula is C26H28ClFN4O. The highest BCUT2D eigenvalue weighted by atomic mass is 35.5. The van der Waals surface area contributed by atoms with Crippen LogP contribution in [0.15, 0.2) is 48.5 Å². The molecule has 3 heterocycles. The molecule has 5 nitrogen and oxygen atoms in total.